The Hall–Kier alpha value is -2.90. The van der Waals surface area contributed by atoms with E-state index < -0.39 is 11.3 Å². The van der Waals surface area contributed by atoms with Crippen LogP contribution in [-0.2, 0) is 19.2 Å². The molecular formula is C19H26N4O4. The summed E-state index contributed by atoms with van der Waals surface area (Å²) in [4.78, 5) is 51.2. The van der Waals surface area contributed by atoms with E-state index in [0.29, 0.717) is 37.6 Å². The van der Waals surface area contributed by atoms with Gasteiger partial charge in [0.1, 0.15) is 5.41 Å². The largest absolute Gasteiger partial charge is 0.339 e. The molecule has 1 heterocycles. The van der Waals surface area contributed by atoms with Crippen molar-refractivity contribution in [2.24, 2.45) is 5.41 Å². The number of carbonyl (C=O) groups excluding carboxylic acids is 4. The summed E-state index contributed by atoms with van der Waals surface area (Å²) in [6, 6.07) is 6.67. The smallest absolute Gasteiger partial charge is 0.239 e. The van der Waals surface area contributed by atoms with Crippen LogP contribution in [0.2, 0.25) is 0 Å². The molecule has 0 unspecified atom stereocenters. The first-order valence-corrected chi connectivity index (χ1v) is 8.85. The molecule has 2 N–H and O–H groups in total. The van der Waals surface area contributed by atoms with Crippen molar-refractivity contribution < 1.29 is 19.2 Å². The topological polar surface area (TPSA) is 98.8 Å². The molecule has 8 nitrogen and oxygen atoms in total. The fraction of sp³-hybridized carbons (Fsp3) is 0.474. The van der Waals surface area contributed by atoms with E-state index >= 15 is 0 Å². The molecule has 0 bridgehead atoms. The van der Waals surface area contributed by atoms with Crippen LogP contribution in [0.1, 0.15) is 27.7 Å². The molecule has 0 atom stereocenters. The fourth-order valence-corrected chi connectivity index (χ4v) is 2.84. The number of nitrogens with zero attached hydrogens (tertiary/aromatic N) is 2. The Morgan fingerprint density at radius 3 is 1.70 bits per heavy atom. The van der Waals surface area contributed by atoms with Crippen LogP contribution in [0.15, 0.2) is 24.3 Å². The quantitative estimate of drug-likeness (QED) is 0.776. The Labute approximate surface area is 158 Å². The van der Waals surface area contributed by atoms with E-state index in [1.165, 1.54) is 13.8 Å². The van der Waals surface area contributed by atoms with Gasteiger partial charge in [-0.15, -0.1) is 0 Å². The van der Waals surface area contributed by atoms with E-state index in [1.807, 2.05) is 0 Å². The maximum Gasteiger partial charge on any atom is 0.239 e. The highest BCUT2D eigenvalue weighted by molar-refractivity contribution is 6.10. The molecule has 2 rings (SSSR count). The average molecular weight is 374 g/mol. The molecular weight excluding hydrogens is 348 g/mol. The van der Waals surface area contributed by atoms with Crippen molar-refractivity contribution in [2.75, 3.05) is 36.8 Å². The van der Waals surface area contributed by atoms with Gasteiger partial charge in [0.2, 0.25) is 23.6 Å². The highest BCUT2D eigenvalue weighted by atomic mass is 16.2. The van der Waals surface area contributed by atoms with Crippen molar-refractivity contribution in [3.8, 4) is 0 Å². The molecule has 1 aromatic rings. The Balaban J connectivity index is 1.98. The standard InChI is InChI=1S/C19H26N4O4/c1-13(24)20-15-5-7-16(8-6-15)21-17(26)19(3,4)18(27)23-11-9-22(10-12-23)14(2)25/h5-8H,9-12H2,1-4H3,(H,20,24)(H,21,26). The molecule has 0 spiro atoms. The Kier molecular flexibility index (Phi) is 6.20. The van der Waals surface area contributed by atoms with Crippen LogP contribution in [0.25, 0.3) is 0 Å². The third kappa shape index (κ3) is 5.06. The van der Waals surface area contributed by atoms with Crippen LogP contribution in [0.3, 0.4) is 0 Å². The maximum absolute atomic E-state index is 12.8. The van der Waals surface area contributed by atoms with E-state index in [2.05, 4.69) is 10.6 Å². The van der Waals surface area contributed by atoms with Crippen molar-refractivity contribution in [3.05, 3.63) is 24.3 Å². The van der Waals surface area contributed by atoms with E-state index in [1.54, 1.807) is 47.9 Å². The summed E-state index contributed by atoms with van der Waals surface area (Å²) in [6.07, 6.45) is 0. The van der Waals surface area contributed by atoms with Crippen LogP contribution >= 0.6 is 0 Å². The molecule has 1 aromatic carbocycles. The molecule has 0 radical (unpaired) electrons. The summed E-state index contributed by atoms with van der Waals surface area (Å²) in [5, 5.41) is 5.39. The normalized spacial score (nSPS) is 14.5. The molecule has 0 aliphatic carbocycles. The van der Waals surface area contributed by atoms with Gasteiger partial charge in [-0.25, -0.2) is 0 Å². The van der Waals surface area contributed by atoms with Gasteiger partial charge in [0.15, 0.2) is 0 Å². The third-order valence-corrected chi connectivity index (χ3v) is 4.58. The Morgan fingerprint density at radius 2 is 1.26 bits per heavy atom. The second-order valence-corrected chi connectivity index (χ2v) is 7.14. The third-order valence-electron chi connectivity index (χ3n) is 4.58. The lowest BCUT2D eigenvalue weighted by Gasteiger charge is -2.37. The lowest BCUT2D eigenvalue weighted by atomic mass is 9.89. The highest BCUT2D eigenvalue weighted by Crippen LogP contribution is 2.23. The second kappa shape index (κ2) is 8.20. The number of rotatable bonds is 4. The first-order chi connectivity index (χ1) is 12.6. The van der Waals surface area contributed by atoms with Gasteiger partial charge in [-0.2, -0.15) is 0 Å². The van der Waals surface area contributed by atoms with Crippen molar-refractivity contribution in [1.29, 1.82) is 0 Å². The number of anilines is 2. The average Bonchev–Trinajstić information content (AvgIpc) is 2.62. The summed E-state index contributed by atoms with van der Waals surface area (Å²) in [5.74, 6) is -0.864. The molecule has 146 valence electrons. The molecule has 1 aliphatic heterocycles. The zero-order chi connectivity index (χ0) is 20.2. The van der Waals surface area contributed by atoms with Crippen molar-refractivity contribution in [3.63, 3.8) is 0 Å². The van der Waals surface area contributed by atoms with Gasteiger partial charge in [0.25, 0.3) is 0 Å². The maximum atomic E-state index is 12.8. The number of piperazine rings is 1. The van der Waals surface area contributed by atoms with Gasteiger partial charge < -0.3 is 20.4 Å². The predicted octanol–water partition coefficient (Wildman–Crippen LogP) is 1.30. The van der Waals surface area contributed by atoms with Gasteiger partial charge >= 0.3 is 0 Å². The highest BCUT2D eigenvalue weighted by Gasteiger charge is 2.40. The Bertz CT molecular complexity index is 735. The van der Waals surface area contributed by atoms with E-state index in [0.717, 1.165) is 0 Å². The zero-order valence-electron chi connectivity index (χ0n) is 16.2. The minimum absolute atomic E-state index is 0.0122. The second-order valence-electron chi connectivity index (χ2n) is 7.14. The molecule has 1 saturated heterocycles. The molecule has 1 fully saturated rings. The SMILES string of the molecule is CC(=O)Nc1ccc(NC(=O)C(C)(C)C(=O)N2CCN(C(C)=O)CC2)cc1. The molecule has 0 saturated carbocycles. The number of amides is 4. The lowest BCUT2D eigenvalue weighted by molar-refractivity contribution is -0.149. The van der Waals surface area contributed by atoms with Gasteiger partial charge in [0.05, 0.1) is 0 Å². The van der Waals surface area contributed by atoms with Crippen LogP contribution in [-0.4, -0.2) is 59.6 Å². The summed E-state index contributed by atoms with van der Waals surface area (Å²) >= 11 is 0. The van der Waals surface area contributed by atoms with Crippen LogP contribution in [0.5, 0.6) is 0 Å². The first kappa shape index (κ1) is 20.4. The first-order valence-electron chi connectivity index (χ1n) is 8.85. The summed E-state index contributed by atoms with van der Waals surface area (Å²) in [7, 11) is 0. The van der Waals surface area contributed by atoms with Gasteiger partial charge in [-0.1, -0.05) is 0 Å². The molecule has 8 heteroatoms. The minimum Gasteiger partial charge on any atom is -0.339 e. The minimum atomic E-state index is -1.24. The van der Waals surface area contributed by atoms with Crippen molar-refractivity contribution >= 4 is 35.0 Å². The number of hydrogen-bond donors (Lipinski definition) is 2. The molecule has 27 heavy (non-hydrogen) atoms. The molecule has 1 aliphatic rings. The lowest BCUT2D eigenvalue weighted by Crippen LogP contribution is -2.55. The number of hydrogen-bond acceptors (Lipinski definition) is 4. The van der Waals surface area contributed by atoms with E-state index in [9.17, 15) is 19.2 Å². The summed E-state index contributed by atoms with van der Waals surface area (Å²) < 4.78 is 0. The number of nitrogens with one attached hydrogen (secondary N) is 2. The van der Waals surface area contributed by atoms with Crippen LogP contribution in [0.4, 0.5) is 11.4 Å². The van der Waals surface area contributed by atoms with E-state index in [4.69, 9.17) is 0 Å². The monoisotopic (exact) mass is 374 g/mol. The van der Waals surface area contributed by atoms with Gasteiger partial charge in [-0.05, 0) is 38.1 Å². The number of carbonyl (C=O) groups is 4. The summed E-state index contributed by atoms with van der Waals surface area (Å²) in [6.45, 7) is 7.89. The van der Waals surface area contributed by atoms with Crippen LogP contribution < -0.4 is 10.6 Å². The van der Waals surface area contributed by atoms with Gasteiger partial charge in [0, 0.05) is 51.4 Å². The van der Waals surface area contributed by atoms with Gasteiger partial charge in [-0.3, -0.25) is 19.2 Å². The fourth-order valence-electron chi connectivity index (χ4n) is 2.84. The van der Waals surface area contributed by atoms with Crippen molar-refractivity contribution in [2.45, 2.75) is 27.7 Å². The molecule has 4 amide bonds. The van der Waals surface area contributed by atoms with Crippen molar-refractivity contribution in [1.82, 2.24) is 9.80 Å². The van der Waals surface area contributed by atoms with E-state index in [-0.39, 0.29) is 17.7 Å². The number of benzene rings is 1. The Morgan fingerprint density at radius 1 is 0.815 bits per heavy atom. The van der Waals surface area contributed by atoms with Crippen LogP contribution in [0, 0.1) is 5.41 Å². The summed E-state index contributed by atoms with van der Waals surface area (Å²) in [5.41, 5.74) is -0.0788. The molecule has 0 aromatic heterocycles. The zero-order valence-corrected chi connectivity index (χ0v) is 16.2. The predicted molar refractivity (Wildman–Crippen MR) is 102 cm³/mol.